The van der Waals surface area contributed by atoms with Crippen molar-refractivity contribution in [1.29, 1.82) is 0 Å². The van der Waals surface area contributed by atoms with E-state index in [1.165, 1.54) is 0 Å². The van der Waals surface area contributed by atoms with Crippen LogP contribution >= 0.6 is 0 Å². The van der Waals surface area contributed by atoms with Crippen molar-refractivity contribution in [2.75, 3.05) is 38.2 Å². The summed E-state index contributed by atoms with van der Waals surface area (Å²) in [7, 11) is 0. The zero-order valence-electron chi connectivity index (χ0n) is 14.7. The topological polar surface area (TPSA) is 66.7 Å². The Bertz CT molecular complexity index is 690. The van der Waals surface area contributed by atoms with E-state index in [2.05, 4.69) is 15.5 Å². The predicted octanol–water partition coefficient (Wildman–Crippen LogP) is 3.09. The van der Waals surface area contributed by atoms with Gasteiger partial charge >= 0.3 is 6.03 Å². The fraction of sp³-hybridized carbons (Fsp3) is 0.421. The third-order valence-electron chi connectivity index (χ3n) is 4.34. The molecule has 0 unspecified atom stereocenters. The number of carbonyl (C=O) groups is 1. The van der Waals surface area contributed by atoms with Crippen LogP contribution in [0.3, 0.4) is 0 Å². The van der Waals surface area contributed by atoms with Gasteiger partial charge in [0.25, 0.3) is 0 Å². The average molecular weight is 343 g/mol. The fourth-order valence-electron chi connectivity index (χ4n) is 2.93. The zero-order valence-corrected chi connectivity index (χ0v) is 14.7. The molecule has 1 aromatic carbocycles. The summed E-state index contributed by atoms with van der Waals surface area (Å²) in [6.45, 7) is 7.47. The molecule has 2 aromatic rings. The number of ether oxygens (including phenoxy) is 1. The van der Waals surface area contributed by atoms with E-state index < -0.39 is 0 Å². The Morgan fingerprint density at radius 3 is 2.48 bits per heavy atom. The van der Waals surface area contributed by atoms with E-state index in [-0.39, 0.29) is 12.1 Å². The Morgan fingerprint density at radius 2 is 1.84 bits per heavy atom. The van der Waals surface area contributed by atoms with Crippen LogP contribution in [0, 0.1) is 13.8 Å². The highest BCUT2D eigenvalue weighted by Crippen LogP contribution is 2.23. The van der Waals surface area contributed by atoms with Crippen LogP contribution in [0.5, 0.6) is 0 Å². The van der Waals surface area contributed by atoms with Gasteiger partial charge in [-0.1, -0.05) is 17.7 Å². The maximum Gasteiger partial charge on any atom is 0.319 e. The number of urea groups is 1. The quantitative estimate of drug-likeness (QED) is 0.875. The first-order chi connectivity index (χ1) is 12.1. The summed E-state index contributed by atoms with van der Waals surface area (Å²) in [5.74, 6) is 1.74. The molecule has 2 heterocycles. The summed E-state index contributed by atoms with van der Waals surface area (Å²) in [6.07, 6.45) is 0. The summed E-state index contributed by atoms with van der Waals surface area (Å²) < 4.78 is 11.2. The number of benzene rings is 1. The number of carbonyl (C=O) groups excluding carboxylic acids is 1. The van der Waals surface area contributed by atoms with Crippen molar-refractivity contribution in [2.45, 2.75) is 19.9 Å². The highest BCUT2D eigenvalue weighted by Gasteiger charge is 2.25. The van der Waals surface area contributed by atoms with Gasteiger partial charge in [-0.05, 0) is 38.1 Å². The second-order valence-corrected chi connectivity index (χ2v) is 6.31. The van der Waals surface area contributed by atoms with Gasteiger partial charge < -0.3 is 19.8 Å². The lowest BCUT2D eigenvalue weighted by Gasteiger charge is -2.33. The van der Waals surface area contributed by atoms with Crippen LogP contribution in [0.1, 0.15) is 23.1 Å². The molecule has 0 saturated carbocycles. The molecule has 134 valence electrons. The van der Waals surface area contributed by atoms with E-state index in [0.29, 0.717) is 19.8 Å². The van der Waals surface area contributed by atoms with E-state index in [0.717, 1.165) is 35.9 Å². The third kappa shape index (κ3) is 4.84. The van der Waals surface area contributed by atoms with Crippen molar-refractivity contribution in [3.05, 3.63) is 53.5 Å². The molecule has 1 aromatic heterocycles. The van der Waals surface area contributed by atoms with Gasteiger partial charge in [0.1, 0.15) is 11.5 Å². The van der Waals surface area contributed by atoms with E-state index >= 15 is 0 Å². The molecule has 2 amide bonds. The third-order valence-corrected chi connectivity index (χ3v) is 4.34. The van der Waals surface area contributed by atoms with E-state index in [9.17, 15) is 4.79 Å². The normalized spacial score (nSPS) is 16.4. The highest BCUT2D eigenvalue weighted by atomic mass is 16.5. The molecule has 0 radical (unpaired) electrons. The van der Waals surface area contributed by atoms with E-state index in [1.54, 1.807) is 0 Å². The second-order valence-electron chi connectivity index (χ2n) is 6.31. The van der Waals surface area contributed by atoms with Crippen molar-refractivity contribution < 1.29 is 13.9 Å². The number of hydrogen-bond acceptors (Lipinski definition) is 4. The maximum absolute atomic E-state index is 12.2. The van der Waals surface area contributed by atoms with Crippen molar-refractivity contribution in [3.63, 3.8) is 0 Å². The van der Waals surface area contributed by atoms with Gasteiger partial charge in [-0.25, -0.2) is 4.79 Å². The number of hydrogen-bond donors (Lipinski definition) is 2. The molecular formula is C19H25N3O3. The van der Waals surface area contributed by atoms with E-state index in [1.807, 2.05) is 50.2 Å². The Hall–Kier alpha value is -2.31. The lowest BCUT2D eigenvalue weighted by atomic mass is 10.1. The molecule has 1 saturated heterocycles. The van der Waals surface area contributed by atoms with Gasteiger partial charge in [-0.15, -0.1) is 0 Å². The van der Waals surface area contributed by atoms with Crippen molar-refractivity contribution >= 4 is 11.7 Å². The first-order valence-corrected chi connectivity index (χ1v) is 8.61. The predicted molar refractivity (Wildman–Crippen MR) is 96.8 cm³/mol. The number of anilines is 1. The fourth-order valence-corrected chi connectivity index (χ4v) is 2.93. The number of aryl methyl sites for hydroxylation is 2. The summed E-state index contributed by atoms with van der Waals surface area (Å²) in [6, 6.07) is 11.4. The van der Waals surface area contributed by atoms with Crippen LogP contribution in [0.4, 0.5) is 10.5 Å². The number of amides is 2. The Labute approximate surface area is 148 Å². The van der Waals surface area contributed by atoms with Gasteiger partial charge in [-0.3, -0.25) is 4.90 Å². The smallest absolute Gasteiger partial charge is 0.319 e. The zero-order chi connectivity index (χ0) is 17.6. The Balaban J connectivity index is 1.61. The molecule has 3 rings (SSSR count). The maximum atomic E-state index is 12.2. The van der Waals surface area contributed by atoms with Crippen LogP contribution in [0.25, 0.3) is 0 Å². The number of furan rings is 1. The minimum Gasteiger partial charge on any atom is -0.465 e. The van der Waals surface area contributed by atoms with Crippen LogP contribution in [-0.2, 0) is 4.74 Å². The van der Waals surface area contributed by atoms with Gasteiger partial charge in [-0.2, -0.15) is 0 Å². The number of morpholine rings is 1. The van der Waals surface area contributed by atoms with Gasteiger partial charge in [0, 0.05) is 25.3 Å². The monoisotopic (exact) mass is 343 g/mol. The molecule has 6 heteroatoms. The van der Waals surface area contributed by atoms with Crippen LogP contribution in [0.2, 0.25) is 0 Å². The van der Waals surface area contributed by atoms with Crippen molar-refractivity contribution in [2.24, 2.45) is 0 Å². The average Bonchev–Trinajstić information content (AvgIpc) is 3.04. The largest absolute Gasteiger partial charge is 0.465 e. The molecule has 6 nitrogen and oxygen atoms in total. The van der Waals surface area contributed by atoms with Crippen LogP contribution < -0.4 is 10.6 Å². The molecule has 1 aliphatic rings. The second kappa shape index (κ2) is 8.18. The molecule has 1 aliphatic heterocycles. The molecule has 1 atom stereocenters. The number of nitrogens with one attached hydrogen (secondary N) is 2. The molecule has 1 fully saturated rings. The molecule has 2 N–H and O–H groups in total. The van der Waals surface area contributed by atoms with Gasteiger partial charge in [0.2, 0.25) is 0 Å². The number of nitrogens with zero attached hydrogens (tertiary/aromatic N) is 1. The van der Waals surface area contributed by atoms with Crippen LogP contribution in [-0.4, -0.2) is 43.8 Å². The minimum atomic E-state index is -0.217. The Morgan fingerprint density at radius 1 is 1.12 bits per heavy atom. The Kier molecular flexibility index (Phi) is 5.73. The van der Waals surface area contributed by atoms with Gasteiger partial charge in [0.05, 0.1) is 19.3 Å². The van der Waals surface area contributed by atoms with Gasteiger partial charge in [0.15, 0.2) is 0 Å². The molecule has 0 bridgehead atoms. The van der Waals surface area contributed by atoms with Crippen molar-refractivity contribution in [3.8, 4) is 0 Å². The standard InChI is InChI=1S/C19H25N3O3/c1-14-3-6-16(7-4-14)21-19(23)20-13-17(18-8-5-15(2)25-18)22-9-11-24-12-10-22/h3-8,17H,9-13H2,1-2H3,(H2,20,21,23)/t17-/m0/s1. The number of rotatable bonds is 5. The molecule has 25 heavy (non-hydrogen) atoms. The van der Waals surface area contributed by atoms with E-state index in [4.69, 9.17) is 9.15 Å². The van der Waals surface area contributed by atoms with Crippen molar-refractivity contribution in [1.82, 2.24) is 10.2 Å². The first-order valence-electron chi connectivity index (χ1n) is 8.61. The lowest BCUT2D eigenvalue weighted by Crippen LogP contribution is -2.44. The highest BCUT2D eigenvalue weighted by molar-refractivity contribution is 5.89. The first kappa shape index (κ1) is 17.5. The molecular weight excluding hydrogens is 318 g/mol. The molecule has 0 aliphatic carbocycles. The van der Waals surface area contributed by atoms with Crippen LogP contribution in [0.15, 0.2) is 40.8 Å². The molecule has 0 spiro atoms. The summed E-state index contributed by atoms with van der Waals surface area (Å²) in [5, 5.41) is 5.82. The summed E-state index contributed by atoms with van der Waals surface area (Å²) in [5.41, 5.74) is 1.94. The summed E-state index contributed by atoms with van der Waals surface area (Å²) in [4.78, 5) is 14.5. The SMILES string of the molecule is Cc1ccc(NC(=O)NC[C@@H](c2ccc(C)o2)N2CCOCC2)cc1. The lowest BCUT2D eigenvalue weighted by molar-refractivity contribution is 0.0122. The summed E-state index contributed by atoms with van der Waals surface area (Å²) >= 11 is 0. The minimum absolute atomic E-state index is 0.00127.